The van der Waals surface area contributed by atoms with Crippen LogP contribution in [0.3, 0.4) is 0 Å². The van der Waals surface area contributed by atoms with Crippen LogP contribution in [-0.2, 0) is 0 Å². The first-order valence-corrected chi connectivity index (χ1v) is 13.9. The third kappa shape index (κ3) is 3.79. The van der Waals surface area contributed by atoms with E-state index in [0.717, 1.165) is 56.5 Å². The number of nitrogens with zero attached hydrogens (tertiary/aromatic N) is 6. The van der Waals surface area contributed by atoms with Gasteiger partial charge in [-0.2, -0.15) is 4.90 Å². The number of azo groups is 4. The van der Waals surface area contributed by atoms with Crippen LogP contribution in [-0.4, -0.2) is 22.4 Å². The fourth-order valence-electron chi connectivity index (χ4n) is 5.99. The van der Waals surface area contributed by atoms with Crippen LogP contribution in [0.1, 0.15) is 16.7 Å². The second kappa shape index (κ2) is 9.52. The molecule has 5 aromatic rings. The van der Waals surface area contributed by atoms with Crippen LogP contribution < -0.4 is 9.80 Å². The molecule has 0 aromatic heterocycles. The summed E-state index contributed by atoms with van der Waals surface area (Å²) in [4.78, 5) is 4.69. The van der Waals surface area contributed by atoms with E-state index < -0.39 is 5.91 Å². The summed E-state index contributed by atoms with van der Waals surface area (Å²) in [6, 6.07) is 42.4. The zero-order valence-electron chi connectivity index (χ0n) is 23.7. The minimum Gasteiger partial charge on any atom is -0.227 e. The molecule has 0 fully saturated rings. The molecule has 0 aliphatic carbocycles. The number of anilines is 3. The van der Waals surface area contributed by atoms with Gasteiger partial charge in [0, 0.05) is 50.4 Å². The molecule has 7 rings (SSSR count). The highest BCUT2D eigenvalue weighted by Gasteiger charge is 2.72. The number of hydrogen-bond acceptors (Lipinski definition) is 4. The number of benzene rings is 5. The molecule has 0 bridgehead atoms. The van der Waals surface area contributed by atoms with Crippen LogP contribution in [0.4, 0.5) is 39.8 Å². The highest BCUT2D eigenvalue weighted by atomic mass is 15.7. The van der Waals surface area contributed by atoms with Gasteiger partial charge >= 0.3 is 5.91 Å². The van der Waals surface area contributed by atoms with E-state index in [1.807, 2.05) is 6.07 Å². The first kappa shape index (κ1) is 24.9. The lowest BCUT2D eigenvalue weighted by molar-refractivity contribution is -0.814. The van der Waals surface area contributed by atoms with Gasteiger partial charge in [-0.3, -0.25) is 0 Å². The molecule has 2 heterocycles. The lowest BCUT2D eigenvalue weighted by atomic mass is 10.1. The molecule has 1 spiro atoms. The summed E-state index contributed by atoms with van der Waals surface area (Å²) in [5.41, 5.74) is 10.3. The summed E-state index contributed by atoms with van der Waals surface area (Å²) < 4.78 is 4.27. The quantitative estimate of drug-likeness (QED) is 0.215. The summed E-state index contributed by atoms with van der Waals surface area (Å²) in [5, 5.41) is 10.9. The Morgan fingerprint density at radius 2 is 1.15 bits per heavy atom. The predicted octanol–water partition coefficient (Wildman–Crippen LogP) is 9.38. The fraction of sp³-hybridized carbons (Fsp3) is 0.143. The summed E-state index contributed by atoms with van der Waals surface area (Å²) in [6.45, 7) is 6.36. The highest BCUT2D eigenvalue weighted by Crippen LogP contribution is 2.53. The Kier molecular flexibility index (Phi) is 5.78. The average molecular weight is 537 g/mol. The SMILES string of the molecule is Cc1ccc2c(c1)N=[N+](c1ccccc1)[C@]1(N2C)N(c2ccccc2)c2ccc(C)cc2N=[N+]1c1ccccc1C. The predicted molar refractivity (Wildman–Crippen MR) is 164 cm³/mol. The zero-order chi connectivity index (χ0) is 28.1. The molecular weight excluding hydrogens is 504 g/mol. The van der Waals surface area contributed by atoms with Crippen molar-refractivity contribution in [1.82, 2.24) is 0 Å². The number of aryl methyl sites for hydroxylation is 3. The van der Waals surface area contributed by atoms with E-state index in [-0.39, 0.29) is 0 Å². The van der Waals surface area contributed by atoms with Crippen molar-refractivity contribution < 1.29 is 9.39 Å². The van der Waals surface area contributed by atoms with E-state index >= 15 is 0 Å². The number of fused-ring (bicyclic) bond motifs is 2. The molecule has 0 saturated carbocycles. The monoisotopic (exact) mass is 536 g/mol. The van der Waals surface area contributed by atoms with Gasteiger partial charge < -0.3 is 0 Å². The van der Waals surface area contributed by atoms with Gasteiger partial charge in [0.1, 0.15) is 0 Å². The third-order valence-electron chi connectivity index (χ3n) is 7.96. The van der Waals surface area contributed by atoms with Crippen LogP contribution in [0.5, 0.6) is 0 Å². The fourth-order valence-corrected chi connectivity index (χ4v) is 5.99. The first-order valence-electron chi connectivity index (χ1n) is 13.9. The second-order valence-electron chi connectivity index (χ2n) is 10.8. The molecule has 0 radical (unpaired) electrons. The highest BCUT2D eigenvalue weighted by molar-refractivity contribution is 5.79. The normalized spacial score (nSPS) is 17.6. The largest absolute Gasteiger partial charge is 0.595 e. The van der Waals surface area contributed by atoms with Gasteiger partial charge in [0.15, 0.2) is 11.4 Å². The average Bonchev–Trinajstić information content (AvgIpc) is 2.99. The van der Waals surface area contributed by atoms with E-state index in [1.165, 1.54) is 0 Å². The Labute approximate surface area is 240 Å². The lowest BCUT2D eigenvalue weighted by Gasteiger charge is -2.43. The van der Waals surface area contributed by atoms with Gasteiger partial charge in [0.05, 0.1) is 17.1 Å². The standard InChI is InChI=1S/C35H32N6/c1-25-19-21-33-30(23-25)36-40(29-16-9-6-10-17-29)35(38(33)4)39(28-14-7-5-8-15-28)34-22-20-26(2)24-31(34)37-41(35)32-18-12-11-13-27(32)3/h5-24H,1-4H3/q+2/t35-/m0/s1. The molecule has 5 aromatic carbocycles. The van der Waals surface area contributed by atoms with Gasteiger partial charge in [-0.15, -0.1) is 0 Å². The van der Waals surface area contributed by atoms with Crippen LogP contribution in [0.15, 0.2) is 132 Å². The lowest BCUT2D eigenvalue weighted by Crippen LogP contribution is -2.71. The van der Waals surface area contributed by atoms with Gasteiger partial charge in [0.2, 0.25) is 11.4 Å². The van der Waals surface area contributed by atoms with Crippen molar-refractivity contribution in [3.63, 3.8) is 0 Å². The molecule has 0 unspecified atom stereocenters. The molecule has 6 nitrogen and oxygen atoms in total. The Balaban J connectivity index is 1.68. The first-order chi connectivity index (χ1) is 20.0. The zero-order valence-corrected chi connectivity index (χ0v) is 23.7. The molecule has 6 heteroatoms. The molecule has 0 amide bonds. The van der Waals surface area contributed by atoms with Crippen molar-refractivity contribution in [3.8, 4) is 0 Å². The van der Waals surface area contributed by atoms with Crippen LogP contribution in [0.25, 0.3) is 0 Å². The molecule has 1 atom stereocenters. The minimum atomic E-state index is -1.06. The van der Waals surface area contributed by atoms with Gasteiger partial charge in [-0.25, -0.2) is 4.90 Å². The Hall–Kier alpha value is -5.10. The summed E-state index contributed by atoms with van der Waals surface area (Å²) in [6.07, 6.45) is 0. The molecule has 2 aliphatic heterocycles. The molecule has 200 valence electrons. The van der Waals surface area contributed by atoms with Crippen molar-refractivity contribution in [2.75, 3.05) is 16.8 Å². The van der Waals surface area contributed by atoms with Crippen molar-refractivity contribution in [1.29, 1.82) is 0 Å². The van der Waals surface area contributed by atoms with Crippen molar-refractivity contribution in [2.24, 2.45) is 10.2 Å². The molecule has 2 aliphatic rings. The number of hydrogen-bond donors (Lipinski definition) is 0. The number of para-hydroxylation sites is 3. The van der Waals surface area contributed by atoms with Crippen LogP contribution in [0, 0.1) is 20.8 Å². The van der Waals surface area contributed by atoms with E-state index in [4.69, 9.17) is 10.2 Å². The van der Waals surface area contributed by atoms with Crippen molar-refractivity contribution in [2.45, 2.75) is 26.7 Å². The minimum absolute atomic E-state index is 0.902. The van der Waals surface area contributed by atoms with Gasteiger partial charge in [-0.05, 0) is 68.3 Å². The van der Waals surface area contributed by atoms with Crippen LogP contribution in [0.2, 0.25) is 0 Å². The third-order valence-corrected chi connectivity index (χ3v) is 7.96. The summed E-state index contributed by atoms with van der Waals surface area (Å²) in [7, 11) is 2.15. The maximum absolute atomic E-state index is 5.45. The van der Waals surface area contributed by atoms with Gasteiger partial charge in [-0.1, -0.05) is 66.7 Å². The van der Waals surface area contributed by atoms with E-state index in [1.54, 1.807) is 0 Å². The molecule has 0 N–H and O–H groups in total. The van der Waals surface area contributed by atoms with Crippen molar-refractivity contribution in [3.05, 3.63) is 138 Å². The number of rotatable bonds is 3. The Bertz CT molecular complexity index is 1840. The summed E-state index contributed by atoms with van der Waals surface area (Å²) >= 11 is 0. The Morgan fingerprint density at radius 1 is 0.585 bits per heavy atom. The van der Waals surface area contributed by atoms with E-state index in [9.17, 15) is 0 Å². The molecular formula is C35H32N6+2. The van der Waals surface area contributed by atoms with E-state index in [0.29, 0.717) is 0 Å². The van der Waals surface area contributed by atoms with Crippen LogP contribution >= 0.6 is 0 Å². The topological polar surface area (TPSA) is 37.2 Å². The molecule has 41 heavy (non-hydrogen) atoms. The van der Waals surface area contributed by atoms with Gasteiger partial charge in [0.25, 0.3) is 0 Å². The van der Waals surface area contributed by atoms with E-state index in [2.05, 4.69) is 162 Å². The summed E-state index contributed by atoms with van der Waals surface area (Å²) in [5.74, 6) is -1.06. The maximum atomic E-state index is 5.45. The Morgan fingerprint density at radius 3 is 1.83 bits per heavy atom. The van der Waals surface area contributed by atoms with Crippen molar-refractivity contribution >= 4 is 39.8 Å². The second-order valence-corrected chi connectivity index (χ2v) is 10.8. The molecule has 0 saturated heterocycles. The maximum Gasteiger partial charge on any atom is 0.595 e. The smallest absolute Gasteiger partial charge is 0.227 e.